The van der Waals surface area contributed by atoms with Gasteiger partial charge in [-0.25, -0.2) is 0 Å². The standard InChI is InChI=1S/C16H10N8O/c17-10-12(11-18)19-20-14-8-4-5-9-15(14)25-16-21-22-23-24(16)13-6-2-1-3-7-13/h1-9,20H. The van der Waals surface area contributed by atoms with Crippen LogP contribution in [0.2, 0.25) is 0 Å². The average Bonchev–Trinajstić information content (AvgIpc) is 3.13. The number of tetrazole rings is 1. The van der Waals surface area contributed by atoms with E-state index in [1.807, 2.05) is 30.3 Å². The van der Waals surface area contributed by atoms with Crippen molar-refractivity contribution in [2.45, 2.75) is 0 Å². The summed E-state index contributed by atoms with van der Waals surface area (Å²) in [5.74, 6) is 0.383. The van der Waals surface area contributed by atoms with Crippen LogP contribution in [-0.2, 0) is 0 Å². The third-order valence-corrected chi connectivity index (χ3v) is 3.03. The Balaban J connectivity index is 1.89. The molecule has 0 fully saturated rings. The summed E-state index contributed by atoms with van der Waals surface area (Å²) in [6, 6.07) is 19.6. The van der Waals surface area contributed by atoms with E-state index in [4.69, 9.17) is 15.3 Å². The highest BCUT2D eigenvalue weighted by Crippen LogP contribution is 2.28. The van der Waals surface area contributed by atoms with E-state index in [2.05, 4.69) is 26.1 Å². The van der Waals surface area contributed by atoms with Gasteiger partial charge in [-0.15, -0.1) is 0 Å². The number of hydrogen-bond donors (Lipinski definition) is 1. The van der Waals surface area contributed by atoms with Crippen LogP contribution in [0.3, 0.4) is 0 Å². The minimum absolute atomic E-state index is 0.158. The fourth-order valence-electron chi connectivity index (χ4n) is 1.91. The van der Waals surface area contributed by atoms with Gasteiger partial charge < -0.3 is 4.74 Å². The van der Waals surface area contributed by atoms with E-state index in [1.165, 1.54) is 4.68 Å². The van der Waals surface area contributed by atoms with Crippen molar-refractivity contribution in [2.24, 2.45) is 5.10 Å². The van der Waals surface area contributed by atoms with Crippen molar-refractivity contribution in [3.8, 4) is 29.6 Å². The fourth-order valence-corrected chi connectivity index (χ4v) is 1.91. The Labute approximate surface area is 142 Å². The molecule has 120 valence electrons. The molecule has 1 N–H and O–H groups in total. The molecule has 1 heterocycles. The van der Waals surface area contributed by atoms with Crippen LogP contribution in [-0.4, -0.2) is 25.9 Å². The van der Waals surface area contributed by atoms with Crippen LogP contribution in [0.1, 0.15) is 0 Å². The van der Waals surface area contributed by atoms with Crippen LogP contribution >= 0.6 is 0 Å². The SMILES string of the molecule is N#CC(C#N)=NNc1ccccc1Oc1nnnn1-c1ccccc1. The highest BCUT2D eigenvalue weighted by molar-refractivity contribution is 6.10. The summed E-state index contributed by atoms with van der Waals surface area (Å²) < 4.78 is 7.20. The van der Waals surface area contributed by atoms with Crippen LogP contribution in [0.25, 0.3) is 5.69 Å². The largest absolute Gasteiger partial charge is 0.421 e. The molecule has 1 aromatic heterocycles. The molecule has 0 bridgehead atoms. The molecule has 3 rings (SSSR count). The van der Waals surface area contributed by atoms with Crippen molar-refractivity contribution in [1.82, 2.24) is 20.2 Å². The summed E-state index contributed by atoms with van der Waals surface area (Å²) in [5.41, 5.74) is 3.52. The Kier molecular flexibility index (Phi) is 4.60. The van der Waals surface area contributed by atoms with E-state index in [0.29, 0.717) is 11.4 Å². The lowest BCUT2D eigenvalue weighted by Crippen LogP contribution is -2.02. The van der Waals surface area contributed by atoms with Gasteiger partial charge in [0, 0.05) is 0 Å². The molecule has 25 heavy (non-hydrogen) atoms. The number of nitrogens with zero attached hydrogens (tertiary/aromatic N) is 7. The number of benzene rings is 2. The van der Waals surface area contributed by atoms with Gasteiger partial charge in [0.05, 0.1) is 11.4 Å². The number of hydrogen-bond acceptors (Lipinski definition) is 8. The van der Waals surface area contributed by atoms with Crippen molar-refractivity contribution in [1.29, 1.82) is 10.5 Å². The molecule has 0 unspecified atom stereocenters. The van der Waals surface area contributed by atoms with E-state index in [9.17, 15) is 0 Å². The van der Waals surface area contributed by atoms with Crippen molar-refractivity contribution >= 4 is 11.4 Å². The Bertz CT molecular complexity index is 965. The van der Waals surface area contributed by atoms with Gasteiger partial charge in [0.1, 0.15) is 12.1 Å². The maximum Gasteiger partial charge on any atom is 0.345 e. The van der Waals surface area contributed by atoms with Crippen molar-refractivity contribution in [2.75, 3.05) is 5.43 Å². The van der Waals surface area contributed by atoms with Gasteiger partial charge in [0.25, 0.3) is 0 Å². The third kappa shape index (κ3) is 3.57. The Morgan fingerprint density at radius 1 is 1.04 bits per heavy atom. The van der Waals surface area contributed by atoms with Gasteiger partial charge >= 0.3 is 6.01 Å². The Morgan fingerprint density at radius 3 is 2.52 bits per heavy atom. The minimum atomic E-state index is -0.302. The zero-order valence-corrected chi connectivity index (χ0v) is 12.7. The maximum absolute atomic E-state index is 8.74. The first kappa shape index (κ1) is 15.6. The van der Waals surface area contributed by atoms with Crippen molar-refractivity contribution in [3.63, 3.8) is 0 Å². The molecule has 0 saturated carbocycles. The summed E-state index contributed by atoms with van der Waals surface area (Å²) >= 11 is 0. The highest BCUT2D eigenvalue weighted by atomic mass is 16.5. The second-order valence-electron chi connectivity index (χ2n) is 4.60. The molecule has 0 aliphatic rings. The molecular formula is C16H10N8O. The molecule has 0 amide bonds. The number of aromatic nitrogens is 4. The zero-order chi connectivity index (χ0) is 17.5. The third-order valence-electron chi connectivity index (χ3n) is 3.03. The summed E-state index contributed by atoms with van der Waals surface area (Å²) in [4.78, 5) is 0. The lowest BCUT2D eigenvalue weighted by atomic mass is 10.3. The first-order valence-electron chi connectivity index (χ1n) is 7.06. The maximum atomic E-state index is 8.74. The van der Waals surface area contributed by atoms with Gasteiger partial charge in [-0.1, -0.05) is 35.4 Å². The minimum Gasteiger partial charge on any atom is -0.421 e. The predicted molar refractivity (Wildman–Crippen MR) is 88.0 cm³/mol. The van der Waals surface area contributed by atoms with Crippen molar-refractivity contribution < 1.29 is 4.74 Å². The number of hydrazone groups is 1. The predicted octanol–water partition coefficient (Wildman–Crippen LogP) is 2.27. The second kappa shape index (κ2) is 7.35. The van der Waals surface area contributed by atoms with Gasteiger partial charge in [0.2, 0.25) is 5.71 Å². The summed E-state index contributed by atoms with van der Waals surface area (Å²) in [7, 11) is 0. The molecule has 0 aliphatic heterocycles. The van der Waals surface area contributed by atoms with Crippen LogP contribution < -0.4 is 10.2 Å². The Hall–Kier alpha value is -4.24. The van der Waals surface area contributed by atoms with Crippen LogP contribution in [0.4, 0.5) is 5.69 Å². The molecular weight excluding hydrogens is 320 g/mol. The van der Waals surface area contributed by atoms with Crippen LogP contribution in [0.15, 0.2) is 59.7 Å². The lowest BCUT2D eigenvalue weighted by molar-refractivity contribution is 0.429. The van der Waals surface area contributed by atoms with Gasteiger partial charge in [-0.3, -0.25) is 5.43 Å². The van der Waals surface area contributed by atoms with E-state index in [-0.39, 0.29) is 11.7 Å². The Morgan fingerprint density at radius 2 is 1.76 bits per heavy atom. The quantitative estimate of drug-likeness (QED) is 0.562. The van der Waals surface area contributed by atoms with Gasteiger partial charge in [0.15, 0.2) is 5.75 Å². The molecule has 9 heteroatoms. The van der Waals surface area contributed by atoms with Crippen LogP contribution in [0, 0.1) is 22.7 Å². The molecule has 0 aliphatic carbocycles. The molecule has 0 radical (unpaired) electrons. The molecule has 0 atom stereocenters. The molecule has 2 aromatic carbocycles. The number of anilines is 1. The molecule has 0 saturated heterocycles. The summed E-state index contributed by atoms with van der Waals surface area (Å²) in [5, 5.41) is 32.6. The average molecular weight is 330 g/mol. The van der Waals surface area contributed by atoms with Gasteiger partial charge in [-0.2, -0.15) is 20.3 Å². The molecule has 0 spiro atoms. The van der Waals surface area contributed by atoms with E-state index in [0.717, 1.165) is 5.69 Å². The number of ether oxygens (including phenoxy) is 1. The fraction of sp³-hybridized carbons (Fsp3) is 0. The first-order valence-corrected chi connectivity index (χ1v) is 7.06. The van der Waals surface area contributed by atoms with E-state index < -0.39 is 0 Å². The summed E-state index contributed by atoms with van der Waals surface area (Å²) in [6.07, 6.45) is 0. The molecule has 3 aromatic rings. The number of rotatable bonds is 5. The van der Waals surface area contributed by atoms with E-state index in [1.54, 1.807) is 36.4 Å². The number of nitriles is 2. The number of nitrogens with one attached hydrogen (secondary N) is 1. The van der Waals surface area contributed by atoms with Gasteiger partial charge in [-0.05, 0) is 34.7 Å². The summed E-state index contributed by atoms with van der Waals surface area (Å²) in [6.45, 7) is 0. The van der Waals surface area contributed by atoms with Crippen LogP contribution in [0.5, 0.6) is 11.8 Å². The zero-order valence-electron chi connectivity index (χ0n) is 12.7. The monoisotopic (exact) mass is 330 g/mol. The van der Waals surface area contributed by atoms with Crippen molar-refractivity contribution in [3.05, 3.63) is 54.6 Å². The second-order valence-corrected chi connectivity index (χ2v) is 4.60. The normalized spacial score (nSPS) is 9.52. The lowest BCUT2D eigenvalue weighted by Gasteiger charge is -2.09. The topological polar surface area (TPSA) is 125 Å². The number of para-hydroxylation sites is 3. The van der Waals surface area contributed by atoms with E-state index >= 15 is 0 Å². The molecule has 9 nitrogen and oxygen atoms in total. The smallest absolute Gasteiger partial charge is 0.345 e. The highest BCUT2D eigenvalue weighted by Gasteiger charge is 2.12. The first-order chi connectivity index (χ1) is 12.3.